The maximum atomic E-state index is 10.7. The molecule has 1 aliphatic heterocycles. The summed E-state index contributed by atoms with van der Waals surface area (Å²) in [5.41, 5.74) is 0.361. The van der Waals surface area contributed by atoms with Crippen molar-refractivity contribution >= 4 is 6.09 Å². The van der Waals surface area contributed by atoms with Gasteiger partial charge in [0, 0.05) is 6.20 Å². The number of ether oxygens (including phenoxy) is 2. The quantitative estimate of drug-likeness (QED) is 0.797. The number of cyclic esters (lactones) is 1. The molecule has 1 atom stereocenters. The summed E-state index contributed by atoms with van der Waals surface area (Å²) >= 11 is 0. The number of nitriles is 1. The Kier molecular flexibility index (Phi) is 2.87. The monoisotopic (exact) mass is 219 g/mol. The van der Waals surface area contributed by atoms with Crippen LogP contribution in [0.5, 0.6) is 5.88 Å². The molecular weight excluding hydrogens is 210 g/mol. The minimum absolute atomic E-state index is 0.185. The third-order valence-corrected chi connectivity index (χ3v) is 2.05. The summed E-state index contributed by atoms with van der Waals surface area (Å²) in [7, 11) is 0. The third kappa shape index (κ3) is 2.20. The van der Waals surface area contributed by atoms with Gasteiger partial charge in [-0.25, -0.2) is 9.78 Å². The van der Waals surface area contributed by atoms with E-state index in [1.807, 2.05) is 6.07 Å². The molecule has 1 amide bonds. The Bertz CT molecular complexity index is 441. The molecule has 0 saturated carbocycles. The molecule has 0 radical (unpaired) electrons. The molecular formula is C10H9N3O3. The fourth-order valence-electron chi connectivity index (χ4n) is 1.29. The number of hydrogen-bond donors (Lipinski definition) is 1. The Labute approximate surface area is 91.8 Å². The average Bonchev–Trinajstić information content (AvgIpc) is 2.73. The first-order valence-electron chi connectivity index (χ1n) is 4.72. The van der Waals surface area contributed by atoms with E-state index < -0.39 is 6.09 Å². The zero-order valence-electron chi connectivity index (χ0n) is 8.34. The lowest BCUT2D eigenvalue weighted by Crippen LogP contribution is -2.22. The highest BCUT2D eigenvalue weighted by Crippen LogP contribution is 2.13. The van der Waals surface area contributed by atoms with Crippen molar-refractivity contribution in [3.63, 3.8) is 0 Å². The summed E-state index contributed by atoms with van der Waals surface area (Å²) in [6.45, 7) is 0.595. The first kappa shape index (κ1) is 10.2. The van der Waals surface area contributed by atoms with Crippen LogP contribution in [0.15, 0.2) is 18.3 Å². The van der Waals surface area contributed by atoms with Gasteiger partial charge in [0.2, 0.25) is 5.88 Å². The van der Waals surface area contributed by atoms with Gasteiger partial charge in [0.1, 0.15) is 18.2 Å². The van der Waals surface area contributed by atoms with E-state index in [-0.39, 0.29) is 18.6 Å². The van der Waals surface area contributed by atoms with Crippen LogP contribution >= 0.6 is 0 Å². The normalized spacial score (nSPS) is 18.4. The highest BCUT2D eigenvalue weighted by molar-refractivity contribution is 5.69. The molecule has 0 aliphatic carbocycles. The Hall–Kier alpha value is -2.29. The number of pyridine rings is 1. The van der Waals surface area contributed by atoms with Gasteiger partial charge in [-0.1, -0.05) is 0 Å². The zero-order valence-corrected chi connectivity index (χ0v) is 8.34. The molecule has 1 N–H and O–H groups in total. The van der Waals surface area contributed by atoms with Crippen LogP contribution in [0, 0.1) is 11.3 Å². The lowest BCUT2D eigenvalue weighted by molar-refractivity contribution is 0.103. The second-order valence-corrected chi connectivity index (χ2v) is 3.19. The van der Waals surface area contributed by atoms with E-state index in [2.05, 4.69) is 10.3 Å². The summed E-state index contributed by atoms with van der Waals surface area (Å²) < 4.78 is 10.2. The Morgan fingerprint density at radius 3 is 3.31 bits per heavy atom. The maximum absolute atomic E-state index is 10.7. The van der Waals surface area contributed by atoms with Crippen molar-refractivity contribution in [1.29, 1.82) is 5.26 Å². The number of carbonyl (C=O) groups is 1. The molecule has 0 bridgehead atoms. The molecule has 82 valence electrons. The first-order valence-corrected chi connectivity index (χ1v) is 4.72. The molecule has 2 rings (SSSR count). The molecule has 1 saturated heterocycles. The van der Waals surface area contributed by atoms with Crippen LogP contribution in [0.3, 0.4) is 0 Å². The number of hydrogen-bond acceptors (Lipinski definition) is 5. The van der Waals surface area contributed by atoms with Crippen molar-refractivity contribution < 1.29 is 14.3 Å². The molecule has 6 heteroatoms. The van der Waals surface area contributed by atoms with Gasteiger partial charge >= 0.3 is 6.09 Å². The summed E-state index contributed by atoms with van der Waals surface area (Å²) in [5, 5.41) is 11.3. The van der Waals surface area contributed by atoms with E-state index in [1.165, 1.54) is 6.20 Å². The number of amides is 1. The molecule has 1 unspecified atom stereocenters. The van der Waals surface area contributed by atoms with Gasteiger partial charge in [-0.15, -0.1) is 0 Å². The number of rotatable bonds is 3. The largest absolute Gasteiger partial charge is 0.473 e. The summed E-state index contributed by atoms with van der Waals surface area (Å²) in [5.74, 6) is 0.257. The van der Waals surface area contributed by atoms with Crippen LogP contribution in [-0.4, -0.2) is 30.3 Å². The van der Waals surface area contributed by atoms with Gasteiger partial charge < -0.3 is 14.8 Å². The summed E-state index contributed by atoms with van der Waals surface area (Å²) in [6, 6.07) is 5.24. The van der Waals surface area contributed by atoms with Crippen molar-refractivity contribution in [1.82, 2.24) is 10.3 Å². The molecule has 1 aliphatic rings. The molecule has 16 heavy (non-hydrogen) atoms. The van der Waals surface area contributed by atoms with Gasteiger partial charge in [-0.05, 0) is 12.1 Å². The van der Waals surface area contributed by atoms with Gasteiger partial charge in [0.15, 0.2) is 6.10 Å². The molecule has 0 aromatic carbocycles. The van der Waals surface area contributed by atoms with Crippen molar-refractivity contribution in [3.8, 4) is 11.9 Å². The highest BCUT2D eigenvalue weighted by atomic mass is 16.6. The van der Waals surface area contributed by atoms with Crippen molar-refractivity contribution in [2.75, 3.05) is 13.2 Å². The molecule has 1 aromatic rings. The zero-order chi connectivity index (χ0) is 11.4. The lowest BCUT2D eigenvalue weighted by Gasteiger charge is -2.09. The minimum atomic E-state index is -0.449. The molecule has 6 nitrogen and oxygen atoms in total. The van der Waals surface area contributed by atoms with Crippen LogP contribution in [0.25, 0.3) is 0 Å². The maximum Gasteiger partial charge on any atom is 0.407 e. The van der Waals surface area contributed by atoms with Gasteiger partial charge in [-0.2, -0.15) is 5.26 Å². The van der Waals surface area contributed by atoms with Crippen LogP contribution in [0.4, 0.5) is 4.79 Å². The summed E-state index contributed by atoms with van der Waals surface area (Å²) in [4.78, 5) is 14.7. The number of carbonyl (C=O) groups excluding carboxylic acids is 1. The number of alkyl carbamates (subject to hydrolysis) is 1. The number of aromatic nitrogens is 1. The number of nitrogens with one attached hydrogen (secondary N) is 1. The predicted molar refractivity (Wildman–Crippen MR) is 52.7 cm³/mol. The number of nitrogens with zero attached hydrogens (tertiary/aromatic N) is 2. The first-order chi connectivity index (χ1) is 7.79. The Morgan fingerprint density at radius 1 is 1.75 bits per heavy atom. The van der Waals surface area contributed by atoms with Gasteiger partial charge in [-0.3, -0.25) is 0 Å². The van der Waals surface area contributed by atoms with E-state index >= 15 is 0 Å². The molecule has 1 fully saturated rings. The smallest absolute Gasteiger partial charge is 0.407 e. The van der Waals surface area contributed by atoms with Crippen LogP contribution in [-0.2, 0) is 4.74 Å². The second-order valence-electron chi connectivity index (χ2n) is 3.19. The lowest BCUT2D eigenvalue weighted by atomic mass is 10.3. The van der Waals surface area contributed by atoms with Gasteiger partial charge in [0.05, 0.1) is 6.54 Å². The van der Waals surface area contributed by atoms with E-state index in [0.29, 0.717) is 12.1 Å². The van der Waals surface area contributed by atoms with Crippen LogP contribution in [0.1, 0.15) is 5.56 Å². The topological polar surface area (TPSA) is 84.2 Å². The fourth-order valence-corrected chi connectivity index (χ4v) is 1.29. The van der Waals surface area contributed by atoms with Crippen LogP contribution < -0.4 is 10.1 Å². The molecule has 1 aromatic heterocycles. The van der Waals surface area contributed by atoms with E-state index in [4.69, 9.17) is 14.7 Å². The standard InChI is InChI=1S/C10H9N3O3/c11-4-7-2-1-3-12-9(7)15-6-8-5-13-10(14)16-8/h1-3,8H,5-6H2,(H,13,14). The van der Waals surface area contributed by atoms with E-state index in [9.17, 15) is 4.79 Å². The average molecular weight is 219 g/mol. The highest BCUT2D eigenvalue weighted by Gasteiger charge is 2.23. The predicted octanol–water partition coefficient (Wildman–Crippen LogP) is 0.440. The van der Waals surface area contributed by atoms with Crippen molar-refractivity contribution in [2.24, 2.45) is 0 Å². The van der Waals surface area contributed by atoms with Crippen LogP contribution in [0.2, 0.25) is 0 Å². The Balaban J connectivity index is 1.95. The fraction of sp³-hybridized carbons (Fsp3) is 0.300. The second kappa shape index (κ2) is 4.49. The van der Waals surface area contributed by atoms with E-state index in [0.717, 1.165) is 0 Å². The molecule has 2 heterocycles. The van der Waals surface area contributed by atoms with Crippen molar-refractivity contribution in [2.45, 2.75) is 6.10 Å². The summed E-state index contributed by atoms with van der Waals surface area (Å²) in [6.07, 6.45) is 0.755. The van der Waals surface area contributed by atoms with E-state index in [1.54, 1.807) is 12.1 Å². The van der Waals surface area contributed by atoms with Crippen molar-refractivity contribution in [3.05, 3.63) is 23.9 Å². The molecule has 0 spiro atoms. The van der Waals surface area contributed by atoms with Gasteiger partial charge in [0.25, 0.3) is 0 Å². The minimum Gasteiger partial charge on any atom is -0.473 e. The third-order valence-electron chi connectivity index (χ3n) is 2.05. The Morgan fingerprint density at radius 2 is 2.62 bits per heavy atom. The SMILES string of the molecule is N#Cc1cccnc1OCC1CNC(=O)O1.